The smallest absolute Gasteiger partial charge is 0.0806 e. The van der Waals surface area contributed by atoms with Crippen LogP contribution in [0.3, 0.4) is 0 Å². The third-order valence-electron chi connectivity index (χ3n) is 1.04. The van der Waals surface area contributed by atoms with Crippen molar-refractivity contribution in [1.82, 2.24) is 0 Å². The lowest BCUT2D eigenvalue weighted by atomic mass is 10.2. The Morgan fingerprint density at radius 3 is 2.50 bits per heavy atom. The standard InChI is InChI=1S/C9H6Br/c10-8-4-7-9-5-2-1-3-6-9/h1-3,5-6,8H. The van der Waals surface area contributed by atoms with Crippen molar-refractivity contribution in [3.63, 3.8) is 0 Å². The quantitative estimate of drug-likeness (QED) is 0.557. The maximum absolute atomic E-state index is 3.11. The van der Waals surface area contributed by atoms with Gasteiger partial charge in [-0.1, -0.05) is 46.0 Å². The molecule has 0 saturated heterocycles. The molecule has 0 fully saturated rings. The first-order valence-electron chi connectivity index (χ1n) is 2.92. The predicted octanol–water partition coefficient (Wildman–Crippen LogP) is 2.59. The van der Waals surface area contributed by atoms with Crippen LogP contribution in [-0.4, -0.2) is 0 Å². The van der Waals surface area contributed by atoms with E-state index in [0.29, 0.717) is 0 Å². The minimum absolute atomic E-state index is 1.04. The zero-order valence-corrected chi connectivity index (χ0v) is 6.93. The molecule has 0 aliphatic heterocycles. The second kappa shape index (κ2) is 4.14. The van der Waals surface area contributed by atoms with E-state index in [1.165, 1.54) is 0 Å². The minimum atomic E-state index is 1.04. The maximum atomic E-state index is 3.11. The van der Waals surface area contributed by atoms with Gasteiger partial charge in [0, 0.05) is 5.56 Å². The van der Waals surface area contributed by atoms with Gasteiger partial charge in [-0.3, -0.25) is 0 Å². The van der Waals surface area contributed by atoms with E-state index in [-0.39, 0.29) is 0 Å². The van der Waals surface area contributed by atoms with Crippen LogP contribution in [-0.2, 0) is 0 Å². The van der Waals surface area contributed by atoms with Gasteiger partial charge >= 0.3 is 0 Å². The highest BCUT2D eigenvalue weighted by Gasteiger charge is 1.78. The summed E-state index contributed by atoms with van der Waals surface area (Å²) in [5.41, 5.74) is 1.04. The van der Waals surface area contributed by atoms with E-state index in [9.17, 15) is 0 Å². The second-order valence-corrected chi connectivity index (χ2v) is 2.20. The van der Waals surface area contributed by atoms with E-state index in [1.807, 2.05) is 30.3 Å². The molecule has 1 rings (SSSR count). The average molecular weight is 194 g/mol. The largest absolute Gasteiger partial charge is 0.0993 e. The van der Waals surface area contributed by atoms with Crippen LogP contribution in [0, 0.1) is 17.2 Å². The van der Waals surface area contributed by atoms with Gasteiger partial charge in [-0.15, -0.1) is 0 Å². The zero-order valence-electron chi connectivity index (χ0n) is 5.34. The summed E-state index contributed by atoms with van der Waals surface area (Å²) in [5, 5.41) is 1.65. The first-order chi connectivity index (χ1) is 4.93. The molecule has 0 spiro atoms. The first-order valence-corrected chi connectivity index (χ1v) is 3.83. The third-order valence-corrected chi connectivity index (χ3v) is 1.27. The van der Waals surface area contributed by atoms with E-state index in [0.717, 1.165) is 5.56 Å². The summed E-state index contributed by atoms with van der Waals surface area (Å²) in [6.45, 7) is 0. The fraction of sp³-hybridized carbons (Fsp3) is 0. The fourth-order valence-corrected chi connectivity index (χ4v) is 0.747. The highest BCUT2D eigenvalue weighted by Crippen LogP contribution is 1.95. The summed E-state index contributed by atoms with van der Waals surface area (Å²) in [7, 11) is 0. The lowest BCUT2D eigenvalue weighted by molar-refractivity contribution is 1.65. The van der Waals surface area contributed by atoms with Crippen LogP contribution in [0.5, 0.6) is 0 Å². The van der Waals surface area contributed by atoms with Crippen molar-refractivity contribution in [3.05, 3.63) is 41.2 Å². The van der Waals surface area contributed by atoms with Gasteiger partial charge in [-0.25, -0.2) is 0 Å². The number of hydrogen-bond donors (Lipinski definition) is 0. The van der Waals surface area contributed by atoms with Gasteiger partial charge in [-0.2, -0.15) is 0 Å². The van der Waals surface area contributed by atoms with Crippen molar-refractivity contribution < 1.29 is 0 Å². The number of benzene rings is 1. The average Bonchev–Trinajstić information content (AvgIpc) is 2.03. The molecule has 10 heavy (non-hydrogen) atoms. The van der Waals surface area contributed by atoms with Crippen LogP contribution in [0.1, 0.15) is 5.56 Å². The molecule has 1 radical (unpaired) electrons. The summed E-state index contributed by atoms with van der Waals surface area (Å²) >= 11 is 3.11. The van der Waals surface area contributed by atoms with Crippen LogP contribution in [0.15, 0.2) is 30.3 Å². The molecule has 1 aromatic rings. The Morgan fingerprint density at radius 1 is 1.20 bits per heavy atom. The van der Waals surface area contributed by atoms with Crippen LogP contribution in [0.4, 0.5) is 0 Å². The molecule has 0 saturated carbocycles. The Balaban J connectivity index is 2.76. The molecule has 0 unspecified atom stereocenters. The van der Waals surface area contributed by atoms with E-state index < -0.39 is 0 Å². The Labute approximate surface area is 69.4 Å². The molecule has 0 heterocycles. The number of rotatable bonds is 0. The normalized spacial score (nSPS) is 8.10. The van der Waals surface area contributed by atoms with Crippen molar-refractivity contribution in [2.75, 3.05) is 0 Å². The van der Waals surface area contributed by atoms with Crippen molar-refractivity contribution in [3.8, 4) is 11.8 Å². The maximum Gasteiger partial charge on any atom is 0.0993 e. The predicted molar refractivity (Wildman–Crippen MR) is 46.5 cm³/mol. The van der Waals surface area contributed by atoms with Crippen LogP contribution in [0.2, 0.25) is 0 Å². The molecule has 0 aliphatic rings. The Bertz CT molecular complexity index is 240. The topological polar surface area (TPSA) is 0 Å². The van der Waals surface area contributed by atoms with Crippen molar-refractivity contribution >= 4 is 15.9 Å². The molecule has 49 valence electrons. The van der Waals surface area contributed by atoms with E-state index in [2.05, 4.69) is 27.8 Å². The first kappa shape index (κ1) is 7.37. The molecule has 0 aliphatic carbocycles. The minimum Gasteiger partial charge on any atom is -0.0806 e. The van der Waals surface area contributed by atoms with Gasteiger partial charge < -0.3 is 0 Å². The number of hydrogen-bond acceptors (Lipinski definition) is 0. The van der Waals surface area contributed by atoms with Crippen molar-refractivity contribution in [2.45, 2.75) is 0 Å². The lowest BCUT2D eigenvalue weighted by Gasteiger charge is -1.84. The van der Waals surface area contributed by atoms with E-state index >= 15 is 0 Å². The molecule has 1 heteroatoms. The molecular weight excluding hydrogens is 188 g/mol. The van der Waals surface area contributed by atoms with E-state index in [1.54, 1.807) is 5.33 Å². The Kier molecular flexibility index (Phi) is 3.05. The summed E-state index contributed by atoms with van der Waals surface area (Å²) in [6, 6.07) is 9.87. The molecule has 0 atom stereocenters. The summed E-state index contributed by atoms with van der Waals surface area (Å²) in [6.07, 6.45) is 0. The summed E-state index contributed by atoms with van der Waals surface area (Å²) in [4.78, 5) is 0. The molecule has 0 nitrogen and oxygen atoms in total. The van der Waals surface area contributed by atoms with Gasteiger partial charge in [0.15, 0.2) is 0 Å². The highest BCUT2D eigenvalue weighted by molar-refractivity contribution is 9.10. The SMILES string of the molecule is Br[CH]C#Cc1ccccc1. The van der Waals surface area contributed by atoms with Crippen LogP contribution >= 0.6 is 15.9 Å². The molecule has 1 aromatic carbocycles. The Hall–Kier alpha value is -0.740. The van der Waals surface area contributed by atoms with Gasteiger partial charge in [-0.05, 0) is 12.1 Å². The lowest BCUT2D eigenvalue weighted by Crippen LogP contribution is -1.68. The monoisotopic (exact) mass is 193 g/mol. The van der Waals surface area contributed by atoms with Crippen molar-refractivity contribution in [1.29, 1.82) is 0 Å². The van der Waals surface area contributed by atoms with Crippen LogP contribution < -0.4 is 0 Å². The Morgan fingerprint density at radius 2 is 1.90 bits per heavy atom. The van der Waals surface area contributed by atoms with Gasteiger partial charge in [0.1, 0.15) is 0 Å². The van der Waals surface area contributed by atoms with Gasteiger partial charge in [0.25, 0.3) is 0 Å². The summed E-state index contributed by atoms with van der Waals surface area (Å²) in [5.74, 6) is 5.75. The van der Waals surface area contributed by atoms with Gasteiger partial charge in [0.2, 0.25) is 0 Å². The fourth-order valence-electron chi connectivity index (χ4n) is 0.632. The molecule has 0 aromatic heterocycles. The molecular formula is C9H6Br. The molecule has 0 N–H and O–H groups in total. The number of halogens is 1. The van der Waals surface area contributed by atoms with Crippen LogP contribution in [0.25, 0.3) is 0 Å². The second-order valence-electron chi connectivity index (χ2n) is 1.74. The van der Waals surface area contributed by atoms with E-state index in [4.69, 9.17) is 0 Å². The van der Waals surface area contributed by atoms with Crippen molar-refractivity contribution in [2.24, 2.45) is 0 Å². The summed E-state index contributed by atoms with van der Waals surface area (Å²) < 4.78 is 0. The highest BCUT2D eigenvalue weighted by atomic mass is 79.9. The molecule has 0 amide bonds. The van der Waals surface area contributed by atoms with Gasteiger partial charge in [0.05, 0.1) is 5.33 Å². The molecule has 0 bridgehead atoms. The zero-order chi connectivity index (χ0) is 7.23. The third kappa shape index (κ3) is 2.24.